The first-order chi connectivity index (χ1) is 18.4. The van der Waals surface area contributed by atoms with Gasteiger partial charge in [-0.05, 0) is 31.9 Å². The molecule has 0 aliphatic heterocycles. The number of hydrogen-bond donors (Lipinski definition) is 2. The van der Waals surface area contributed by atoms with Gasteiger partial charge in [0.05, 0.1) is 6.10 Å². The number of carboxylic acid groups (broad SMARTS) is 1. The first kappa shape index (κ1) is 37.8. The van der Waals surface area contributed by atoms with E-state index in [-0.39, 0.29) is 18.0 Å². The lowest BCUT2D eigenvalue weighted by Gasteiger charge is -2.30. The molecule has 5 atom stereocenters. The maximum absolute atomic E-state index is 11.7. The van der Waals surface area contributed by atoms with Crippen LogP contribution in [-0.2, 0) is 18.8 Å². The van der Waals surface area contributed by atoms with E-state index in [0.717, 1.165) is 25.0 Å². The van der Waals surface area contributed by atoms with E-state index in [1.165, 1.54) is 96.3 Å². The van der Waals surface area contributed by atoms with Crippen molar-refractivity contribution >= 4 is 26.2 Å². The molecule has 5 unspecified atom stereocenters. The highest BCUT2D eigenvalue weighted by molar-refractivity contribution is 7.99. The van der Waals surface area contributed by atoms with Crippen molar-refractivity contribution in [3.63, 3.8) is 0 Å². The van der Waals surface area contributed by atoms with Gasteiger partial charge in [-0.1, -0.05) is 128 Å². The molecule has 0 bridgehead atoms. The van der Waals surface area contributed by atoms with Crippen LogP contribution in [0.5, 0.6) is 0 Å². The second-order valence-corrected chi connectivity index (χ2v) is 13.0. The Labute approximate surface area is 240 Å². The monoisotopic (exact) mass is 579 g/mol. The predicted molar refractivity (Wildman–Crippen MR) is 163 cm³/mol. The summed E-state index contributed by atoms with van der Waals surface area (Å²) < 4.78 is 23.3. The lowest BCUT2D eigenvalue weighted by molar-refractivity contribution is -0.230. The molecule has 0 rings (SSSR count). The van der Waals surface area contributed by atoms with Crippen LogP contribution >= 0.6 is 20.2 Å². The van der Waals surface area contributed by atoms with E-state index < -0.39 is 26.1 Å². The van der Waals surface area contributed by atoms with Crippen molar-refractivity contribution in [2.24, 2.45) is 0 Å². The summed E-state index contributed by atoms with van der Waals surface area (Å²) in [7, 11) is -1.48. The minimum atomic E-state index is -2.56. The van der Waals surface area contributed by atoms with Gasteiger partial charge in [-0.3, -0.25) is 0 Å². The molecule has 0 aliphatic carbocycles. The van der Waals surface area contributed by atoms with Crippen molar-refractivity contribution in [1.82, 2.24) is 0 Å². The molecule has 6 nitrogen and oxygen atoms in total. The standard InChI is InChI=1S/C30H59O6PS/c1-5-8-10-12-14-15-16-18-20-22-25-38-27(23-21-19-17-13-11-9-6-2)26(4)36-29(35-24-7-3)30(33,37-34)28(31)32/h26-27,29,33H,5-25H2,1-4H3,(H,31,32)/p+1. The minimum Gasteiger partial charge on any atom is -0.476 e. The molecule has 0 amide bonds. The Kier molecular flexibility index (Phi) is 25.6. The number of aliphatic carboxylic acids is 1. The molecule has 0 saturated carbocycles. The first-order valence-electron chi connectivity index (χ1n) is 15.6. The average Bonchev–Trinajstić information content (AvgIpc) is 2.91. The molecular formula is C30H60O6PS+. The summed E-state index contributed by atoms with van der Waals surface area (Å²) in [5.74, 6) is -0.543. The summed E-state index contributed by atoms with van der Waals surface area (Å²) in [4.78, 5) is 11.7. The molecule has 0 aromatic rings. The van der Waals surface area contributed by atoms with Crippen LogP contribution in [0, 0.1) is 0 Å². The predicted octanol–water partition coefficient (Wildman–Crippen LogP) is 9.10. The number of ether oxygens (including phenoxy) is 2. The van der Waals surface area contributed by atoms with Gasteiger partial charge in [-0.25, -0.2) is 4.79 Å². The summed E-state index contributed by atoms with van der Waals surface area (Å²) in [6, 6.07) is 0. The third-order valence-electron chi connectivity index (χ3n) is 7.08. The largest absolute Gasteiger partial charge is 0.476 e. The Morgan fingerprint density at radius 1 is 0.789 bits per heavy atom. The number of aliphatic hydroxyl groups is 1. The molecule has 2 N–H and O–H groups in total. The lowest BCUT2D eigenvalue weighted by atomic mass is 10.1. The Morgan fingerprint density at radius 3 is 1.71 bits per heavy atom. The normalized spacial score (nSPS) is 15.8. The fourth-order valence-corrected chi connectivity index (χ4v) is 6.22. The maximum Gasteiger partial charge on any atom is 0.407 e. The third kappa shape index (κ3) is 18.2. The molecule has 8 heteroatoms. The number of carbonyl (C=O) groups is 1. The maximum atomic E-state index is 11.7. The van der Waals surface area contributed by atoms with E-state index in [1.54, 1.807) is 0 Å². The van der Waals surface area contributed by atoms with Crippen LogP contribution in [-0.4, -0.2) is 51.5 Å². The quantitative estimate of drug-likeness (QED) is 0.0518. The van der Waals surface area contributed by atoms with Crippen LogP contribution in [0.3, 0.4) is 0 Å². The van der Waals surface area contributed by atoms with E-state index in [4.69, 9.17) is 9.47 Å². The molecule has 0 fully saturated rings. The van der Waals surface area contributed by atoms with Crippen molar-refractivity contribution in [1.29, 1.82) is 0 Å². The molecule has 0 saturated heterocycles. The van der Waals surface area contributed by atoms with Gasteiger partial charge in [-0.15, -0.1) is 0 Å². The summed E-state index contributed by atoms with van der Waals surface area (Å²) >= 11 is 1.89. The zero-order chi connectivity index (χ0) is 28.5. The molecule has 0 heterocycles. The van der Waals surface area contributed by atoms with Crippen molar-refractivity contribution in [3.05, 3.63) is 0 Å². The second kappa shape index (κ2) is 25.7. The highest BCUT2D eigenvalue weighted by Crippen LogP contribution is 2.32. The fraction of sp³-hybridized carbons (Fsp3) is 0.967. The van der Waals surface area contributed by atoms with Crippen molar-refractivity contribution in [2.75, 3.05) is 12.4 Å². The molecule has 0 spiro atoms. The van der Waals surface area contributed by atoms with Crippen LogP contribution in [0.25, 0.3) is 0 Å². The SMILES string of the molecule is CCCCCCCCCCCCSC(CCCCCCCCC)C(C)OC(OCCC)C(O)([PH+]=O)C(=O)O. The highest BCUT2D eigenvalue weighted by atomic mass is 32.2. The van der Waals surface area contributed by atoms with Crippen LogP contribution < -0.4 is 0 Å². The van der Waals surface area contributed by atoms with Crippen molar-refractivity contribution in [3.8, 4) is 0 Å². The first-order valence-corrected chi connectivity index (χ1v) is 17.6. The zero-order valence-corrected chi connectivity index (χ0v) is 26.8. The molecule has 0 aromatic heterocycles. The highest BCUT2D eigenvalue weighted by Gasteiger charge is 2.56. The van der Waals surface area contributed by atoms with E-state index >= 15 is 0 Å². The topological polar surface area (TPSA) is 93.1 Å². The molecule has 0 aromatic carbocycles. The fourth-order valence-electron chi connectivity index (χ4n) is 4.54. The van der Waals surface area contributed by atoms with Gasteiger partial charge < -0.3 is 19.7 Å². The summed E-state index contributed by atoms with van der Waals surface area (Å²) in [6.45, 7) is 8.53. The van der Waals surface area contributed by atoms with E-state index in [2.05, 4.69) is 13.8 Å². The molecule has 0 radical (unpaired) electrons. The number of rotatable bonds is 29. The van der Waals surface area contributed by atoms with E-state index in [0.29, 0.717) is 6.42 Å². The average molecular weight is 580 g/mol. The van der Waals surface area contributed by atoms with Crippen LogP contribution in [0.2, 0.25) is 0 Å². The van der Waals surface area contributed by atoms with Crippen LogP contribution in [0.1, 0.15) is 150 Å². The van der Waals surface area contributed by atoms with Gasteiger partial charge in [0.25, 0.3) is 0 Å². The Hall–Kier alpha value is -0.200. The minimum absolute atomic E-state index is 0.171. The molecule has 226 valence electrons. The van der Waals surface area contributed by atoms with Gasteiger partial charge in [-0.2, -0.15) is 11.8 Å². The lowest BCUT2D eigenvalue weighted by Crippen LogP contribution is -2.50. The van der Waals surface area contributed by atoms with Crippen LogP contribution in [0.15, 0.2) is 0 Å². The number of thioether (sulfide) groups is 1. The smallest absolute Gasteiger partial charge is 0.407 e. The van der Waals surface area contributed by atoms with Gasteiger partial charge in [0.15, 0.2) is 0 Å². The summed E-state index contributed by atoms with van der Waals surface area (Å²) in [5, 5.41) is 17.7. The Morgan fingerprint density at radius 2 is 1.26 bits per heavy atom. The summed E-state index contributed by atoms with van der Waals surface area (Å²) in [6.07, 6.45) is 21.6. The van der Waals surface area contributed by atoms with E-state index in [1.807, 2.05) is 25.6 Å². The molecule has 38 heavy (non-hydrogen) atoms. The van der Waals surface area contributed by atoms with E-state index in [9.17, 15) is 19.6 Å². The van der Waals surface area contributed by atoms with Crippen molar-refractivity contribution in [2.45, 2.75) is 173 Å². The third-order valence-corrected chi connectivity index (χ3v) is 9.41. The van der Waals surface area contributed by atoms with Gasteiger partial charge >= 0.3 is 19.8 Å². The molecular weight excluding hydrogens is 519 g/mol. The van der Waals surface area contributed by atoms with Gasteiger partial charge in [0.1, 0.15) is 0 Å². The molecule has 0 aliphatic rings. The number of unbranched alkanes of at least 4 members (excludes halogenated alkanes) is 15. The summed E-state index contributed by atoms with van der Waals surface area (Å²) in [5.41, 5.74) is 0. The number of carboxylic acids is 1. The Bertz CT molecular complexity index is 567. The Balaban J connectivity index is 4.78. The second-order valence-electron chi connectivity index (χ2n) is 10.7. The van der Waals surface area contributed by atoms with Gasteiger partial charge in [0, 0.05) is 11.9 Å². The zero-order valence-electron chi connectivity index (χ0n) is 25.0. The van der Waals surface area contributed by atoms with Crippen LogP contribution in [0.4, 0.5) is 0 Å². The number of hydrogen-bond acceptors (Lipinski definition) is 6. The van der Waals surface area contributed by atoms with Crippen molar-refractivity contribution < 1.29 is 29.0 Å². The van der Waals surface area contributed by atoms with Gasteiger partial charge in [0.2, 0.25) is 6.29 Å².